The van der Waals surface area contributed by atoms with Crippen LogP contribution in [0.3, 0.4) is 0 Å². The van der Waals surface area contributed by atoms with Gasteiger partial charge in [0.25, 0.3) is 0 Å². The molecule has 2 aromatic rings. The molecule has 0 atom stereocenters. The average molecular weight is 548 g/mol. The van der Waals surface area contributed by atoms with E-state index in [1.54, 1.807) is 0 Å². The van der Waals surface area contributed by atoms with Gasteiger partial charge in [0.2, 0.25) is 11.5 Å². The van der Waals surface area contributed by atoms with Gasteiger partial charge in [-0.1, -0.05) is 36.4 Å². The second-order valence-corrected chi connectivity index (χ2v) is 6.19. The third-order valence-electron chi connectivity index (χ3n) is 2.24. The molecule has 120 valence electrons. The van der Waals surface area contributed by atoms with Crippen LogP contribution in [-0.2, 0) is 0 Å². The fraction of sp³-hybridized carbons (Fsp3) is 0.125. The molecule has 0 bridgehead atoms. The molecule has 4 nitrogen and oxygen atoms in total. The summed E-state index contributed by atoms with van der Waals surface area (Å²) in [4.78, 5) is 19.3. The molecule has 0 aromatic heterocycles. The summed E-state index contributed by atoms with van der Waals surface area (Å²) in [6, 6.07) is 19.4. The molecule has 23 heavy (non-hydrogen) atoms. The molecule has 0 amide bonds. The van der Waals surface area contributed by atoms with Crippen molar-refractivity contribution in [2.45, 2.75) is 9.79 Å². The van der Waals surface area contributed by atoms with E-state index in [4.69, 9.17) is 19.8 Å². The minimum Gasteiger partial charge on any atom is -0.523 e. The van der Waals surface area contributed by atoms with Crippen LogP contribution < -0.4 is 0 Å². The van der Waals surface area contributed by atoms with Crippen molar-refractivity contribution in [2.24, 2.45) is 0 Å². The molecule has 0 spiro atoms. The summed E-state index contributed by atoms with van der Waals surface area (Å²) in [5.41, 5.74) is 0. The standard InChI is InChI=1S/2C8H8O2S.Pb/c2*9-8(10)6-11-7-4-2-1-3-5-7;/h2*1-5H,6H2,(H,9,10);/p+4. The van der Waals surface area contributed by atoms with Crippen molar-refractivity contribution in [3.63, 3.8) is 0 Å². The van der Waals surface area contributed by atoms with Crippen molar-refractivity contribution in [3.05, 3.63) is 60.7 Å². The molecule has 0 fully saturated rings. The van der Waals surface area contributed by atoms with E-state index in [1.165, 1.54) is 23.5 Å². The summed E-state index contributed by atoms with van der Waals surface area (Å²) in [6.45, 7) is 0. The van der Waals surface area contributed by atoms with Gasteiger partial charge in [0.15, 0.2) is 0 Å². The Balaban J connectivity index is 0.000000403. The molecule has 4 radical (unpaired) electrons. The number of carbonyl (C=O) groups excluding carboxylic acids is 2. The molecule has 0 saturated heterocycles. The average Bonchev–Trinajstić information content (AvgIpc) is 2.53. The molecule has 0 heterocycles. The molecular formula is C16H20O4PbS2+4. The van der Waals surface area contributed by atoms with Gasteiger partial charge in [-0.05, 0) is 24.3 Å². The molecule has 0 unspecified atom stereocenters. The minimum absolute atomic E-state index is 0. The fourth-order valence-electron chi connectivity index (χ4n) is 1.34. The van der Waals surface area contributed by atoms with Gasteiger partial charge in [-0.25, -0.2) is 9.59 Å². The second-order valence-electron chi connectivity index (χ2n) is 4.10. The number of rotatable bonds is 6. The zero-order valence-corrected chi connectivity index (χ0v) is 17.9. The predicted molar refractivity (Wildman–Crippen MR) is 101 cm³/mol. The topological polar surface area (TPSA) is 88.6 Å². The van der Waals surface area contributed by atoms with Crippen molar-refractivity contribution >= 4 is 62.8 Å². The predicted octanol–water partition coefficient (Wildman–Crippen LogP) is 1.63. The molecular weight excluding hydrogens is 528 g/mol. The monoisotopic (exact) mass is 548 g/mol. The summed E-state index contributed by atoms with van der Waals surface area (Å²) < 4.78 is 0. The molecule has 2 aromatic carbocycles. The summed E-state index contributed by atoms with van der Waals surface area (Å²) >= 11 is 2.91. The molecule has 0 aliphatic rings. The van der Waals surface area contributed by atoms with Crippen molar-refractivity contribution in [1.29, 1.82) is 0 Å². The van der Waals surface area contributed by atoms with E-state index in [0.29, 0.717) is 11.5 Å². The van der Waals surface area contributed by atoms with Crippen LogP contribution in [0.1, 0.15) is 0 Å². The van der Waals surface area contributed by atoms with Gasteiger partial charge in [0.05, 0.1) is 0 Å². The van der Waals surface area contributed by atoms with Crippen LogP contribution in [0.25, 0.3) is 0 Å². The van der Waals surface area contributed by atoms with Crippen LogP contribution in [0, 0.1) is 0 Å². The molecule has 0 aliphatic heterocycles. The third-order valence-corrected chi connectivity index (χ3v) is 4.28. The van der Waals surface area contributed by atoms with Crippen LogP contribution in [0.2, 0.25) is 0 Å². The smallest absolute Gasteiger partial charge is 0.523 e. The third kappa shape index (κ3) is 12.1. The number of hydrogen-bond acceptors (Lipinski definition) is 2. The maximum Gasteiger partial charge on any atom is 0.632 e. The Bertz CT molecular complexity index is 526. The van der Waals surface area contributed by atoms with E-state index in [1.807, 2.05) is 60.7 Å². The van der Waals surface area contributed by atoms with Crippen LogP contribution in [0.5, 0.6) is 0 Å². The van der Waals surface area contributed by atoms with Crippen LogP contribution >= 0.6 is 23.5 Å². The first-order valence-electron chi connectivity index (χ1n) is 6.46. The van der Waals surface area contributed by atoms with Gasteiger partial charge in [0.1, 0.15) is 0 Å². The van der Waals surface area contributed by atoms with Crippen LogP contribution in [-0.4, -0.2) is 70.5 Å². The quantitative estimate of drug-likeness (QED) is 0.313. The number of hydrogen-bond donors (Lipinski definition) is 0. The van der Waals surface area contributed by atoms with E-state index in [9.17, 15) is 0 Å². The fourth-order valence-corrected chi connectivity index (χ4v) is 2.64. The molecule has 2 rings (SSSR count). The Kier molecular flexibility index (Phi) is 12.9. The maximum atomic E-state index is 8.58. The Morgan fingerprint density at radius 1 is 0.696 bits per heavy atom. The van der Waals surface area contributed by atoms with E-state index < -0.39 is 0 Å². The van der Waals surface area contributed by atoms with Gasteiger partial charge in [-0.3, -0.25) is 0 Å². The maximum absolute atomic E-state index is 8.58. The molecule has 6 N–H and O–H groups in total. The molecule has 0 saturated carbocycles. The second kappa shape index (κ2) is 13.4. The number of thioether (sulfide) groups is 2. The summed E-state index contributed by atoms with van der Waals surface area (Å²) in [5, 5.41) is 13.6. The van der Waals surface area contributed by atoms with E-state index in [2.05, 4.69) is 0 Å². The molecule has 7 heteroatoms. The minimum atomic E-state index is -0.279. The first kappa shape index (κ1) is 22.0. The van der Waals surface area contributed by atoms with Crippen molar-refractivity contribution in [1.82, 2.24) is 0 Å². The summed E-state index contributed by atoms with van der Waals surface area (Å²) in [6.07, 6.45) is 0. The van der Waals surface area contributed by atoms with Gasteiger partial charge in [0, 0.05) is 37.1 Å². The Morgan fingerprint density at radius 3 is 1.26 bits per heavy atom. The van der Waals surface area contributed by atoms with Gasteiger partial charge < -0.3 is 10.2 Å². The first-order chi connectivity index (χ1) is 10.6. The normalized spacial score (nSPS) is 9.04. The van der Waals surface area contributed by atoms with Crippen LogP contribution in [0.15, 0.2) is 70.5 Å². The Labute approximate surface area is 163 Å². The Hall–Kier alpha value is -0.998. The number of benzene rings is 2. The van der Waals surface area contributed by atoms with E-state index >= 15 is 0 Å². The van der Waals surface area contributed by atoms with Crippen LogP contribution in [0.4, 0.5) is 0 Å². The van der Waals surface area contributed by atoms with Gasteiger partial charge >= 0.3 is 11.9 Å². The largest absolute Gasteiger partial charge is 0.632 e. The zero-order valence-electron chi connectivity index (χ0n) is 12.4. The van der Waals surface area contributed by atoms with Crippen molar-refractivity contribution < 1.29 is 19.8 Å². The zero-order chi connectivity index (χ0) is 16.2. The SMILES string of the molecule is [OH+]=C([OH2+])CSc1ccccc1.[OH+]=C([OH2+])CSc1ccccc1.[Pb]. The van der Waals surface area contributed by atoms with Gasteiger partial charge in [-0.15, -0.1) is 23.5 Å². The molecule has 0 aliphatic carbocycles. The van der Waals surface area contributed by atoms with Crippen molar-refractivity contribution in [2.75, 3.05) is 11.5 Å². The van der Waals surface area contributed by atoms with Crippen molar-refractivity contribution in [3.8, 4) is 0 Å². The Morgan fingerprint density at radius 2 is 1.00 bits per heavy atom. The summed E-state index contributed by atoms with van der Waals surface area (Å²) in [5.74, 6) is 0.145. The first-order valence-corrected chi connectivity index (χ1v) is 8.43. The summed E-state index contributed by atoms with van der Waals surface area (Å²) in [7, 11) is 0. The van der Waals surface area contributed by atoms with Gasteiger partial charge in [-0.2, -0.15) is 0 Å². The van der Waals surface area contributed by atoms with E-state index in [0.717, 1.165) is 9.79 Å². The van der Waals surface area contributed by atoms with E-state index in [-0.39, 0.29) is 39.2 Å².